The van der Waals surface area contributed by atoms with Crippen molar-refractivity contribution in [2.24, 2.45) is 0 Å². The molecule has 1 aliphatic heterocycles. The Morgan fingerprint density at radius 3 is 2.13 bits per heavy atom. The van der Waals surface area contributed by atoms with Crippen molar-refractivity contribution in [2.75, 3.05) is 0 Å². The summed E-state index contributed by atoms with van der Waals surface area (Å²) in [6.45, 7) is 6.56. The second-order valence-electron chi connectivity index (χ2n) is 8.89. The number of rotatable bonds is 12. The number of nitrogens with zero attached hydrogens (tertiary/aromatic N) is 2. The lowest BCUT2D eigenvalue weighted by molar-refractivity contribution is -0.344. The summed E-state index contributed by atoms with van der Waals surface area (Å²) in [5.74, 6) is 0. The number of hydrogen-bond acceptors (Lipinski definition) is 0. The average molecular weight is 415 g/mol. The number of unbranched alkanes of at least 4 members (excludes halogenated alkanes) is 6. The van der Waals surface area contributed by atoms with Crippen LogP contribution in [0.1, 0.15) is 94.4 Å². The smallest absolute Gasteiger partial charge is 0.210 e. The zero-order valence-corrected chi connectivity index (χ0v) is 19.7. The van der Waals surface area contributed by atoms with Gasteiger partial charge in [-0.1, -0.05) is 76.6 Å². The van der Waals surface area contributed by atoms with Crippen molar-refractivity contribution >= 4 is 11.4 Å². The Bertz CT molecular complexity index is 931. The first-order valence-electron chi connectivity index (χ1n) is 12.2. The first-order chi connectivity index (χ1) is 15.1. The molecule has 0 atom stereocenters. The van der Waals surface area contributed by atoms with Gasteiger partial charge in [0.2, 0.25) is 11.4 Å². The first-order valence-corrected chi connectivity index (χ1v) is 12.2. The second-order valence-corrected chi connectivity index (χ2v) is 8.89. The minimum Gasteiger partial charge on any atom is -0.493 e. The van der Waals surface area contributed by atoms with Gasteiger partial charge in [-0.15, -0.1) is 0 Å². The Morgan fingerprint density at radius 1 is 0.710 bits per heavy atom. The third-order valence-corrected chi connectivity index (χ3v) is 6.25. The molecule has 0 aliphatic carbocycles. The van der Waals surface area contributed by atoms with E-state index in [9.17, 15) is 5.53 Å². The van der Waals surface area contributed by atoms with Crippen LogP contribution in [0.15, 0.2) is 60.2 Å². The summed E-state index contributed by atoms with van der Waals surface area (Å²) in [7, 11) is 0. The zero-order chi connectivity index (χ0) is 22.1. The van der Waals surface area contributed by atoms with Crippen molar-refractivity contribution in [3.63, 3.8) is 0 Å². The van der Waals surface area contributed by atoms with Crippen LogP contribution in [0.2, 0.25) is 0 Å². The maximum Gasteiger partial charge on any atom is 0.210 e. The van der Waals surface area contributed by atoms with E-state index in [1.165, 1.54) is 67.2 Å². The Hall–Kier alpha value is -2.48. The average Bonchev–Trinajstić information content (AvgIpc) is 3.09. The minimum atomic E-state index is 0.863. The molecule has 0 radical (unpaired) electrons. The summed E-state index contributed by atoms with van der Waals surface area (Å²) in [6, 6.07) is 17.3. The van der Waals surface area contributed by atoms with Crippen molar-refractivity contribution in [1.82, 2.24) is 0 Å². The van der Waals surface area contributed by atoms with Crippen molar-refractivity contribution in [3.05, 3.63) is 88.0 Å². The molecule has 0 unspecified atom stereocenters. The maximum absolute atomic E-state index is 11.0. The van der Waals surface area contributed by atoms with Crippen LogP contribution in [0.4, 0.5) is 0 Å². The van der Waals surface area contributed by atoms with E-state index < -0.39 is 0 Å². The van der Waals surface area contributed by atoms with Gasteiger partial charge < -0.3 is 5.53 Å². The normalized spacial score (nSPS) is 13.8. The van der Waals surface area contributed by atoms with E-state index in [1.807, 2.05) is 0 Å². The molecule has 2 nitrogen and oxygen atoms in total. The Kier molecular flexibility index (Phi) is 8.82. The third-order valence-electron chi connectivity index (χ3n) is 6.25. The highest BCUT2D eigenvalue weighted by Gasteiger charge is 2.26. The molecule has 1 heterocycles. The summed E-state index contributed by atoms with van der Waals surface area (Å²) in [6.07, 6.45) is 14.7. The number of aryl methyl sites for hydroxylation is 2. The van der Waals surface area contributed by atoms with E-state index in [2.05, 4.69) is 75.4 Å². The predicted molar refractivity (Wildman–Crippen MR) is 133 cm³/mol. The molecular weight excluding hydrogens is 376 g/mol. The van der Waals surface area contributed by atoms with Crippen LogP contribution in [0.3, 0.4) is 0 Å². The fourth-order valence-corrected chi connectivity index (χ4v) is 4.38. The molecule has 0 spiro atoms. The molecule has 0 saturated carbocycles. The van der Waals surface area contributed by atoms with Gasteiger partial charge in [-0.3, -0.25) is 0 Å². The topological polar surface area (TPSA) is 25.3 Å². The highest BCUT2D eigenvalue weighted by molar-refractivity contribution is 5.78. The quantitative estimate of drug-likeness (QED) is 0.245. The van der Waals surface area contributed by atoms with Crippen LogP contribution >= 0.6 is 0 Å². The van der Waals surface area contributed by atoms with Crippen LogP contribution in [0.5, 0.6) is 0 Å². The summed E-state index contributed by atoms with van der Waals surface area (Å²) >= 11 is 0. The number of allylic oxidation sites excluding steroid dienone is 2. The highest BCUT2D eigenvalue weighted by atomic mass is 15.2. The van der Waals surface area contributed by atoms with Gasteiger partial charge in [0.15, 0.2) is 0 Å². The van der Waals surface area contributed by atoms with Crippen LogP contribution in [0.25, 0.3) is 16.9 Å². The Morgan fingerprint density at radius 2 is 1.39 bits per heavy atom. The lowest BCUT2D eigenvalue weighted by atomic mass is 10.0. The molecule has 0 N–H and O–H groups in total. The molecule has 3 rings (SSSR count). The van der Waals surface area contributed by atoms with Gasteiger partial charge in [-0.05, 0) is 68.0 Å². The number of benzene rings is 2. The van der Waals surface area contributed by atoms with Crippen molar-refractivity contribution in [3.8, 4) is 0 Å². The fraction of sp³-hybridized carbons (Fsp3) is 0.448. The molecule has 31 heavy (non-hydrogen) atoms. The first kappa shape index (κ1) is 23.2. The molecule has 0 aromatic heterocycles. The molecule has 0 fully saturated rings. The van der Waals surface area contributed by atoms with Gasteiger partial charge in [0.25, 0.3) is 0 Å². The Labute approximate surface area is 189 Å². The van der Waals surface area contributed by atoms with Crippen molar-refractivity contribution in [1.29, 1.82) is 0 Å². The van der Waals surface area contributed by atoms with E-state index in [1.54, 1.807) is 0 Å². The molecular formula is C29H38N2. The van der Waals surface area contributed by atoms with Gasteiger partial charge in [0, 0.05) is 22.8 Å². The van der Waals surface area contributed by atoms with Gasteiger partial charge in [0.05, 0.1) is 0 Å². The standard InChI is InChI=1S/C29H38N2/c1-4-6-8-9-10-11-14-24-17-19-26(20-18-24)29-23(3)21-28(31(29)30)27-16-12-15-25(22-27)13-7-5-2/h12,15-22H,4-11,13-14H2,1-3H3. The lowest BCUT2D eigenvalue weighted by Gasteiger charge is -2.10. The Balaban J connectivity index is 1.63. The maximum atomic E-state index is 11.0. The SMILES string of the molecule is CCCCCCCCc1ccc(C2=C(C)C=C(c3cccc(CCCC)c3)[N+]2=[N-])cc1. The summed E-state index contributed by atoms with van der Waals surface area (Å²) < 4.78 is 1.37. The van der Waals surface area contributed by atoms with Gasteiger partial charge in [-0.2, -0.15) is 0 Å². The van der Waals surface area contributed by atoms with Crippen molar-refractivity contribution in [2.45, 2.75) is 85.0 Å². The van der Waals surface area contributed by atoms with Crippen LogP contribution < -0.4 is 0 Å². The van der Waals surface area contributed by atoms with Crippen LogP contribution in [0, 0.1) is 0 Å². The largest absolute Gasteiger partial charge is 0.493 e. The fourth-order valence-electron chi connectivity index (χ4n) is 4.38. The number of hydrogen-bond donors (Lipinski definition) is 0. The van der Waals surface area contributed by atoms with E-state index >= 15 is 0 Å². The van der Waals surface area contributed by atoms with E-state index in [0.717, 1.165) is 40.9 Å². The second kappa shape index (κ2) is 11.8. The zero-order valence-electron chi connectivity index (χ0n) is 19.7. The van der Waals surface area contributed by atoms with Gasteiger partial charge in [0.1, 0.15) is 0 Å². The summed E-state index contributed by atoms with van der Waals surface area (Å²) in [5, 5.41) is 0. The van der Waals surface area contributed by atoms with E-state index in [0.29, 0.717) is 0 Å². The minimum absolute atomic E-state index is 0.863. The molecule has 2 heteroatoms. The summed E-state index contributed by atoms with van der Waals surface area (Å²) in [4.78, 5) is 0. The molecule has 2 aromatic rings. The van der Waals surface area contributed by atoms with E-state index in [4.69, 9.17) is 0 Å². The van der Waals surface area contributed by atoms with Crippen molar-refractivity contribution < 1.29 is 4.70 Å². The molecule has 0 bridgehead atoms. The van der Waals surface area contributed by atoms with Crippen LogP contribution in [-0.4, -0.2) is 4.70 Å². The molecule has 0 amide bonds. The molecule has 0 saturated heterocycles. The molecule has 164 valence electrons. The van der Waals surface area contributed by atoms with Gasteiger partial charge in [-0.25, -0.2) is 4.70 Å². The predicted octanol–water partition coefficient (Wildman–Crippen LogP) is 8.75. The van der Waals surface area contributed by atoms with Crippen LogP contribution in [-0.2, 0) is 12.8 Å². The summed E-state index contributed by atoms with van der Waals surface area (Å²) in [5.41, 5.74) is 18.7. The van der Waals surface area contributed by atoms with E-state index in [-0.39, 0.29) is 0 Å². The monoisotopic (exact) mass is 414 g/mol. The third kappa shape index (κ3) is 6.26. The van der Waals surface area contributed by atoms with Gasteiger partial charge >= 0.3 is 0 Å². The lowest BCUT2D eigenvalue weighted by Crippen LogP contribution is -2.02. The molecule has 1 aliphatic rings. The highest BCUT2D eigenvalue weighted by Crippen LogP contribution is 2.35. The molecule has 2 aromatic carbocycles.